The molecule has 2 heterocycles. The first kappa shape index (κ1) is 40.2. The zero-order chi connectivity index (χ0) is 43.7. The second-order valence-corrected chi connectivity index (χ2v) is 15.6. The van der Waals surface area contributed by atoms with Gasteiger partial charge in [-0.05, 0) is 112 Å². The summed E-state index contributed by atoms with van der Waals surface area (Å²) in [7, 11) is 3.66. The number of aromatic nitrogens is 2. The van der Waals surface area contributed by atoms with E-state index in [9.17, 15) is 21.0 Å². The van der Waals surface area contributed by atoms with Crippen LogP contribution in [-0.2, 0) is 14.1 Å². The van der Waals surface area contributed by atoms with Crippen molar-refractivity contribution in [3.8, 4) is 46.8 Å². The molecule has 0 amide bonds. The molecule has 0 aliphatic carbocycles. The van der Waals surface area contributed by atoms with Crippen LogP contribution in [0.5, 0.6) is 0 Å². The van der Waals surface area contributed by atoms with E-state index in [1.54, 1.807) is 0 Å². The van der Waals surface area contributed by atoms with Crippen LogP contribution in [-0.4, -0.2) is 9.13 Å². The normalized spacial score (nSPS) is 10.7. The van der Waals surface area contributed by atoms with Crippen LogP contribution >= 0.6 is 0 Å². The lowest BCUT2D eigenvalue weighted by atomic mass is 10.0. The molecule has 0 spiro atoms. The summed E-state index contributed by atoms with van der Waals surface area (Å²) in [4.78, 5) is 4.38. The lowest BCUT2D eigenvalue weighted by Crippen LogP contribution is -2.20. The van der Waals surface area contributed by atoms with Gasteiger partial charge in [-0.2, -0.15) is 21.0 Å². The molecule has 0 bridgehead atoms. The molecule has 8 rings (SSSR count). The first-order valence-electron chi connectivity index (χ1n) is 20.2. The Bertz CT molecular complexity index is 2940. The van der Waals surface area contributed by atoms with Crippen molar-refractivity contribution in [1.29, 1.82) is 21.0 Å². The summed E-state index contributed by atoms with van der Waals surface area (Å²) in [5.74, 6) is 0. The minimum absolute atomic E-state index is 0.0827. The van der Waals surface area contributed by atoms with Crippen molar-refractivity contribution in [3.63, 3.8) is 0 Å². The Hall–Kier alpha value is -8.56. The lowest BCUT2D eigenvalue weighted by molar-refractivity contribution is 0.881. The smallest absolute Gasteiger partial charge is 0.153 e. The molecule has 8 nitrogen and oxygen atoms in total. The number of aryl methyl sites for hydroxylation is 4. The van der Waals surface area contributed by atoms with Crippen molar-refractivity contribution in [2.75, 3.05) is 9.80 Å². The van der Waals surface area contributed by atoms with Crippen molar-refractivity contribution in [1.82, 2.24) is 9.13 Å². The molecule has 62 heavy (non-hydrogen) atoms. The fourth-order valence-electron chi connectivity index (χ4n) is 8.32. The quantitative estimate of drug-likeness (QED) is 0.151. The predicted octanol–water partition coefficient (Wildman–Crippen LogP) is 11.4. The van der Waals surface area contributed by atoms with E-state index in [4.69, 9.17) is 0 Å². The van der Waals surface area contributed by atoms with Crippen LogP contribution in [0.3, 0.4) is 0 Å². The predicted molar refractivity (Wildman–Crippen MR) is 250 cm³/mol. The summed E-state index contributed by atoms with van der Waals surface area (Å²) in [6.07, 6.45) is 0. The van der Waals surface area contributed by atoms with E-state index in [1.165, 1.54) is 0 Å². The number of hydrogen-bond donors (Lipinski definition) is 0. The van der Waals surface area contributed by atoms with Gasteiger partial charge in [0.25, 0.3) is 0 Å². The molecule has 298 valence electrons. The summed E-state index contributed by atoms with van der Waals surface area (Å²) in [5.41, 5.74) is 13.2. The number of nitriles is 4. The fourth-order valence-corrected chi connectivity index (χ4v) is 8.32. The van der Waals surface area contributed by atoms with E-state index in [1.807, 2.05) is 71.8 Å². The van der Waals surface area contributed by atoms with Crippen molar-refractivity contribution in [3.05, 3.63) is 179 Å². The molecule has 0 unspecified atom stereocenters. The average molecular weight is 803 g/mol. The van der Waals surface area contributed by atoms with Gasteiger partial charge in [0, 0.05) is 59.0 Å². The van der Waals surface area contributed by atoms with Crippen LogP contribution in [0.1, 0.15) is 22.3 Å². The van der Waals surface area contributed by atoms with Gasteiger partial charge in [0.05, 0.1) is 22.1 Å². The standard InChI is InChI=1S/C54H42N8/c1-35-7-19-43(20-8-35)61(44-21-9-36(2)10-22-44)47-27-15-39(16-28-47)51-49-50(54(59(51)5)42(33-57)34-58)52(60(6)53(49)41(31-55)32-56)40-17-29-48(30-18-40)62(45-23-11-37(3)12-24-45)46-25-13-38(4)14-26-46/h7-30H,1-6H3. The summed E-state index contributed by atoms with van der Waals surface area (Å²) in [5, 5.41) is 43.7. The van der Waals surface area contributed by atoms with E-state index < -0.39 is 0 Å². The monoisotopic (exact) mass is 802 g/mol. The number of benzene rings is 6. The molecule has 0 atom stereocenters. The SMILES string of the molecule is Cc1ccc(N(c2ccc(C)cc2)c2ccc(-c3c4c(=C(C#N)C#N)n(C)c(-c5ccc(N(c6ccc(C)cc6)c6ccc(C)cc6)cc5)c4c(=C(C#N)C#N)n3C)cc2)cc1. The molecule has 8 aromatic rings. The largest absolute Gasteiger partial charge is 0.341 e. The van der Waals surface area contributed by atoms with Crippen LogP contribution in [0.2, 0.25) is 0 Å². The molecule has 0 aliphatic rings. The van der Waals surface area contributed by atoms with Crippen molar-refractivity contribution in [2.45, 2.75) is 27.7 Å². The molecular weight excluding hydrogens is 761 g/mol. The highest BCUT2D eigenvalue weighted by atomic mass is 15.1. The second kappa shape index (κ2) is 16.6. The highest BCUT2D eigenvalue weighted by molar-refractivity contribution is 6.08. The molecule has 0 fully saturated rings. The van der Waals surface area contributed by atoms with E-state index in [0.717, 1.165) is 67.5 Å². The lowest BCUT2D eigenvalue weighted by Gasteiger charge is -2.26. The van der Waals surface area contributed by atoms with Crippen LogP contribution in [0, 0.1) is 73.0 Å². The zero-order valence-electron chi connectivity index (χ0n) is 35.4. The number of anilines is 6. The molecule has 2 aromatic heterocycles. The molecule has 0 radical (unpaired) electrons. The molecule has 8 heteroatoms. The van der Waals surface area contributed by atoms with Gasteiger partial charge >= 0.3 is 0 Å². The third-order valence-electron chi connectivity index (χ3n) is 11.4. The molecule has 0 saturated carbocycles. The maximum absolute atomic E-state index is 10.4. The van der Waals surface area contributed by atoms with Crippen LogP contribution in [0.25, 0.3) is 44.4 Å². The van der Waals surface area contributed by atoms with Gasteiger partial charge in [0.2, 0.25) is 0 Å². The summed E-state index contributed by atoms with van der Waals surface area (Å²) >= 11 is 0. The minimum atomic E-state index is -0.0827. The molecule has 0 saturated heterocycles. The van der Waals surface area contributed by atoms with E-state index in [2.05, 4.69) is 159 Å². The van der Waals surface area contributed by atoms with Gasteiger partial charge in [0.1, 0.15) is 24.3 Å². The third-order valence-corrected chi connectivity index (χ3v) is 11.4. The van der Waals surface area contributed by atoms with Gasteiger partial charge < -0.3 is 18.9 Å². The van der Waals surface area contributed by atoms with Gasteiger partial charge in [-0.25, -0.2) is 0 Å². The highest BCUT2D eigenvalue weighted by Gasteiger charge is 2.26. The highest BCUT2D eigenvalue weighted by Crippen LogP contribution is 2.40. The zero-order valence-corrected chi connectivity index (χ0v) is 35.4. The molecular formula is C54H42N8. The summed E-state index contributed by atoms with van der Waals surface area (Å²) in [6.45, 7) is 8.27. The van der Waals surface area contributed by atoms with Gasteiger partial charge in [-0.1, -0.05) is 95.1 Å². The third kappa shape index (κ3) is 7.13. The van der Waals surface area contributed by atoms with Crippen molar-refractivity contribution in [2.24, 2.45) is 14.1 Å². The summed E-state index contributed by atoms with van der Waals surface area (Å²) < 4.78 is 3.70. The molecule has 6 aromatic carbocycles. The Balaban J connectivity index is 1.35. The maximum atomic E-state index is 10.4. The van der Waals surface area contributed by atoms with Gasteiger partial charge in [-0.15, -0.1) is 0 Å². The van der Waals surface area contributed by atoms with Gasteiger partial charge in [-0.3, -0.25) is 0 Å². The number of fused-ring (bicyclic) bond motifs is 1. The number of hydrogen-bond acceptors (Lipinski definition) is 6. The second-order valence-electron chi connectivity index (χ2n) is 15.6. The Labute approximate surface area is 361 Å². The van der Waals surface area contributed by atoms with Crippen LogP contribution in [0.15, 0.2) is 146 Å². The van der Waals surface area contributed by atoms with E-state index >= 15 is 0 Å². The Kier molecular flexibility index (Phi) is 10.8. The Morgan fingerprint density at radius 3 is 0.774 bits per heavy atom. The van der Waals surface area contributed by atoms with E-state index in [0.29, 0.717) is 32.9 Å². The van der Waals surface area contributed by atoms with Crippen molar-refractivity contribution < 1.29 is 0 Å². The topological polar surface area (TPSA) is 112 Å². The fraction of sp³-hybridized carbons (Fsp3) is 0.111. The maximum Gasteiger partial charge on any atom is 0.153 e. The number of nitrogens with zero attached hydrogens (tertiary/aromatic N) is 8. The molecule has 0 N–H and O–H groups in total. The van der Waals surface area contributed by atoms with Crippen LogP contribution < -0.4 is 20.5 Å². The first-order chi connectivity index (χ1) is 30.1. The Morgan fingerprint density at radius 1 is 0.355 bits per heavy atom. The van der Waals surface area contributed by atoms with Crippen molar-refractivity contribution >= 4 is 56.0 Å². The average Bonchev–Trinajstić information content (AvgIpc) is 3.73. The Morgan fingerprint density at radius 2 is 0.565 bits per heavy atom. The molecule has 0 aliphatic heterocycles. The first-order valence-corrected chi connectivity index (χ1v) is 20.2. The number of rotatable bonds is 8. The minimum Gasteiger partial charge on any atom is -0.341 e. The van der Waals surface area contributed by atoms with E-state index in [-0.39, 0.29) is 11.1 Å². The summed E-state index contributed by atoms with van der Waals surface area (Å²) in [6, 6.07) is 58.4. The van der Waals surface area contributed by atoms with Gasteiger partial charge in [0.15, 0.2) is 11.1 Å². The van der Waals surface area contributed by atoms with Crippen LogP contribution in [0.4, 0.5) is 34.1 Å².